The van der Waals surface area contributed by atoms with Crippen LogP contribution >= 0.6 is 0 Å². The Labute approximate surface area is 131 Å². The summed E-state index contributed by atoms with van der Waals surface area (Å²) in [5.41, 5.74) is 0. The Balaban J connectivity index is 2.34. The van der Waals surface area contributed by atoms with Crippen LogP contribution in [-0.2, 0) is 10.2 Å². The normalized spacial score (nSPS) is 19.8. The Bertz CT molecular complexity index is 365. The monoisotopic (exact) mass is 319 g/mol. The fourth-order valence-electron chi connectivity index (χ4n) is 2.73. The number of unbranched alkanes of at least 4 members (excludes halogenated alkanes) is 1. The minimum Gasteiger partial charge on any atom is -0.316 e. The molecule has 0 aromatic heterocycles. The molecule has 1 unspecified atom stereocenters. The molecular weight excluding hydrogens is 286 g/mol. The first-order valence-corrected chi connectivity index (χ1v) is 9.91. The highest BCUT2D eigenvalue weighted by Gasteiger charge is 2.28. The molecule has 0 amide bonds. The third-order valence-corrected chi connectivity index (χ3v) is 5.86. The van der Waals surface area contributed by atoms with Crippen molar-refractivity contribution in [2.45, 2.75) is 65.3 Å². The number of nitrogens with one attached hydrogen (secondary N) is 2. The van der Waals surface area contributed by atoms with E-state index in [0.717, 1.165) is 51.6 Å². The minimum absolute atomic E-state index is 0.0268. The fraction of sp³-hybridized carbons (Fsp3) is 1.00. The summed E-state index contributed by atoms with van der Waals surface area (Å²) in [6, 6.07) is 0.0268. The third kappa shape index (κ3) is 7.08. The average Bonchev–Trinajstić information content (AvgIpc) is 2.45. The van der Waals surface area contributed by atoms with Crippen LogP contribution in [0.2, 0.25) is 0 Å². The number of rotatable bonds is 10. The summed E-state index contributed by atoms with van der Waals surface area (Å²) in [4.78, 5) is 0. The first kappa shape index (κ1) is 18.9. The van der Waals surface area contributed by atoms with Crippen molar-refractivity contribution < 1.29 is 8.42 Å². The van der Waals surface area contributed by atoms with E-state index in [-0.39, 0.29) is 6.04 Å². The number of hydrogen-bond acceptors (Lipinski definition) is 3. The maximum absolute atomic E-state index is 12.3. The van der Waals surface area contributed by atoms with Crippen LogP contribution in [0.5, 0.6) is 0 Å². The van der Waals surface area contributed by atoms with Crippen molar-refractivity contribution in [2.75, 3.05) is 26.2 Å². The van der Waals surface area contributed by atoms with E-state index in [9.17, 15) is 8.42 Å². The molecule has 0 aliphatic carbocycles. The molecule has 2 N–H and O–H groups in total. The van der Waals surface area contributed by atoms with Crippen molar-refractivity contribution in [2.24, 2.45) is 5.92 Å². The highest BCUT2D eigenvalue weighted by molar-refractivity contribution is 7.87. The zero-order chi connectivity index (χ0) is 15.7. The lowest BCUT2D eigenvalue weighted by molar-refractivity contribution is 0.264. The number of piperidine rings is 1. The third-order valence-electron chi connectivity index (χ3n) is 4.11. The van der Waals surface area contributed by atoms with Gasteiger partial charge in [0, 0.05) is 19.1 Å². The molecule has 0 saturated carbocycles. The Morgan fingerprint density at radius 2 is 1.86 bits per heavy atom. The molecule has 0 aromatic carbocycles. The molecule has 126 valence electrons. The maximum atomic E-state index is 12.3. The van der Waals surface area contributed by atoms with Gasteiger partial charge >= 0.3 is 0 Å². The first-order valence-electron chi connectivity index (χ1n) is 8.47. The Morgan fingerprint density at radius 1 is 1.19 bits per heavy atom. The van der Waals surface area contributed by atoms with Gasteiger partial charge in [0.2, 0.25) is 0 Å². The van der Waals surface area contributed by atoms with E-state index in [1.807, 2.05) is 6.92 Å². The summed E-state index contributed by atoms with van der Waals surface area (Å²) in [6.45, 7) is 9.60. The van der Waals surface area contributed by atoms with Crippen LogP contribution in [0.1, 0.15) is 59.3 Å². The Kier molecular flexibility index (Phi) is 8.78. The molecule has 1 heterocycles. The van der Waals surface area contributed by atoms with E-state index < -0.39 is 10.2 Å². The summed E-state index contributed by atoms with van der Waals surface area (Å²) < 4.78 is 29.1. The van der Waals surface area contributed by atoms with Crippen molar-refractivity contribution in [1.82, 2.24) is 14.3 Å². The first-order chi connectivity index (χ1) is 9.99. The quantitative estimate of drug-likeness (QED) is 0.606. The fourth-order valence-corrected chi connectivity index (χ4v) is 4.20. The van der Waals surface area contributed by atoms with Crippen LogP contribution < -0.4 is 10.0 Å². The summed E-state index contributed by atoms with van der Waals surface area (Å²) in [6.07, 6.45) is 6.14. The molecule has 0 aromatic rings. The predicted octanol–water partition coefficient (Wildman–Crippen LogP) is 2.11. The molecule has 0 bridgehead atoms. The van der Waals surface area contributed by atoms with Crippen molar-refractivity contribution in [1.29, 1.82) is 0 Å². The van der Waals surface area contributed by atoms with Gasteiger partial charge in [-0.3, -0.25) is 0 Å². The van der Waals surface area contributed by atoms with E-state index in [1.54, 1.807) is 4.31 Å². The van der Waals surface area contributed by atoms with Crippen LogP contribution in [0.25, 0.3) is 0 Å². The molecule has 1 aliphatic heterocycles. The zero-order valence-electron chi connectivity index (χ0n) is 13.9. The smallest absolute Gasteiger partial charge is 0.279 e. The second kappa shape index (κ2) is 9.77. The predicted molar refractivity (Wildman–Crippen MR) is 88.5 cm³/mol. The van der Waals surface area contributed by atoms with Gasteiger partial charge < -0.3 is 5.32 Å². The molecule has 1 rings (SSSR count). The molecule has 6 heteroatoms. The van der Waals surface area contributed by atoms with Crippen LogP contribution in [-0.4, -0.2) is 44.9 Å². The van der Waals surface area contributed by atoms with Crippen LogP contribution in [0.15, 0.2) is 0 Å². The van der Waals surface area contributed by atoms with Crippen LogP contribution in [0.3, 0.4) is 0 Å². The lowest BCUT2D eigenvalue weighted by Crippen LogP contribution is -2.48. The second-order valence-corrected chi connectivity index (χ2v) is 7.91. The van der Waals surface area contributed by atoms with Gasteiger partial charge in [-0.15, -0.1) is 0 Å². The van der Waals surface area contributed by atoms with Gasteiger partial charge in [-0.25, -0.2) is 0 Å². The van der Waals surface area contributed by atoms with Gasteiger partial charge in [0.05, 0.1) is 0 Å². The van der Waals surface area contributed by atoms with E-state index in [2.05, 4.69) is 23.9 Å². The van der Waals surface area contributed by atoms with E-state index in [1.165, 1.54) is 0 Å². The minimum atomic E-state index is -3.30. The molecular formula is C15H33N3O2S. The lowest BCUT2D eigenvalue weighted by atomic mass is 9.98. The molecule has 0 spiro atoms. The van der Waals surface area contributed by atoms with Gasteiger partial charge in [0.15, 0.2) is 0 Å². The van der Waals surface area contributed by atoms with Crippen molar-refractivity contribution in [3.8, 4) is 0 Å². The Hall–Kier alpha value is -0.170. The van der Waals surface area contributed by atoms with Crippen molar-refractivity contribution in [3.63, 3.8) is 0 Å². The summed E-state index contributed by atoms with van der Waals surface area (Å²) in [5.74, 6) is 0.612. The highest BCUT2D eigenvalue weighted by atomic mass is 32.2. The van der Waals surface area contributed by atoms with Gasteiger partial charge in [0.25, 0.3) is 10.2 Å². The van der Waals surface area contributed by atoms with E-state index in [4.69, 9.17) is 0 Å². The molecule has 5 nitrogen and oxygen atoms in total. The molecule has 1 atom stereocenters. The molecule has 1 saturated heterocycles. The maximum Gasteiger partial charge on any atom is 0.279 e. The largest absolute Gasteiger partial charge is 0.316 e. The number of hydrogen-bond donors (Lipinski definition) is 2. The molecule has 0 radical (unpaired) electrons. The van der Waals surface area contributed by atoms with Gasteiger partial charge in [-0.05, 0) is 51.6 Å². The summed E-state index contributed by atoms with van der Waals surface area (Å²) in [7, 11) is -3.30. The summed E-state index contributed by atoms with van der Waals surface area (Å²) in [5, 5.41) is 3.43. The zero-order valence-corrected chi connectivity index (χ0v) is 14.7. The van der Waals surface area contributed by atoms with Crippen LogP contribution in [0.4, 0.5) is 0 Å². The van der Waals surface area contributed by atoms with Crippen LogP contribution in [0, 0.1) is 5.92 Å². The summed E-state index contributed by atoms with van der Waals surface area (Å²) >= 11 is 0. The molecule has 1 aliphatic rings. The van der Waals surface area contributed by atoms with E-state index >= 15 is 0 Å². The van der Waals surface area contributed by atoms with Gasteiger partial charge in [-0.2, -0.15) is 17.4 Å². The SMILES string of the molecule is CCCCC(C)NS(=O)(=O)N1CCC(CNCCC)CC1. The standard InChI is InChI=1S/C15H33N3O2S/c1-4-6-7-14(3)17-21(19,20)18-11-8-15(9-12-18)13-16-10-5-2/h14-17H,4-13H2,1-3H3. The average molecular weight is 320 g/mol. The Morgan fingerprint density at radius 3 is 2.43 bits per heavy atom. The molecule has 21 heavy (non-hydrogen) atoms. The lowest BCUT2D eigenvalue weighted by Gasteiger charge is -2.32. The van der Waals surface area contributed by atoms with Gasteiger partial charge in [-0.1, -0.05) is 26.7 Å². The molecule has 1 fully saturated rings. The highest BCUT2D eigenvalue weighted by Crippen LogP contribution is 2.18. The van der Waals surface area contributed by atoms with Gasteiger partial charge in [0.1, 0.15) is 0 Å². The topological polar surface area (TPSA) is 61.4 Å². The van der Waals surface area contributed by atoms with Crippen molar-refractivity contribution >= 4 is 10.2 Å². The number of nitrogens with zero attached hydrogens (tertiary/aromatic N) is 1. The van der Waals surface area contributed by atoms with E-state index in [0.29, 0.717) is 19.0 Å². The second-order valence-electron chi connectivity index (χ2n) is 6.21. The van der Waals surface area contributed by atoms with Crippen molar-refractivity contribution in [3.05, 3.63) is 0 Å².